The first-order valence-electron chi connectivity index (χ1n) is 6.83. The second kappa shape index (κ2) is 6.07. The maximum atomic E-state index is 5.97. The van der Waals surface area contributed by atoms with Crippen LogP contribution in [-0.2, 0) is 0 Å². The van der Waals surface area contributed by atoms with Gasteiger partial charge in [-0.1, -0.05) is 29.4 Å². The zero-order chi connectivity index (χ0) is 13.1. The van der Waals surface area contributed by atoms with Gasteiger partial charge in [-0.3, -0.25) is 0 Å². The summed E-state index contributed by atoms with van der Waals surface area (Å²) in [7, 11) is 0. The van der Waals surface area contributed by atoms with E-state index in [9.17, 15) is 0 Å². The average Bonchev–Trinajstić information content (AvgIpc) is 2.82. The second-order valence-corrected chi connectivity index (χ2v) is 6.43. The summed E-state index contributed by atoms with van der Waals surface area (Å²) < 4.78 is 1.19. The van der Waals surface area contributed by atoms with Crippen molar-refractivity contribution in [2.75, 3.05) is 31.5 Å². The van der Waals surface area contributed by atoms with Crippen molar-refractivity contribution in [3.05, 3.63) is 23.2 Å². The number of nitrogens with zero attached hydrogens (tertiary/aromatic N) is 2. The van der Waals surface area contributed by atoms with E-state index in [0.29, 0.717) is 0 Å². The number of benzene rings is 1. The Labute approximate surface area is 122 Å². The number of halogens is 1. The van der Waals surface area contributed by atoms with E-state index in [1.807, 2.05) is 18.2 Å². The molecule has 0 bridgehead atoms. The lowest BCUT2D eigenvalue weighted by atomic mass is 10.1. The van der Waals surface area contributed by atoms with Crippen molar-refractivity contribution in [2.24, 2.45) is 0 Å². The van der Waals surface area contributed by atoms with Crippen molar-refractivity contribution >= 4 is 38.3 Å². The summed E-state index contributed by atoms with van der Waals surface area (Å²) in [6.45, 7) is 4.57. The number of likely N-dealkylation sites (tertiary alicyclic amines) is 1. The van der Waals surface area contributed by atoms with Gasteiger partial charge in [0, 0.05) is 18.1 Å². The van der Waals surface area contributed by atoms with Gasteiger partial charge < -0.3 is 10.2 Å². The number of nitrogens with one attached hydrogen (secondary N) is 1. The van der Waals surface area contributed by atoms with Crippen LogP contribution in [0.15, 0.2) is 18.2 Å². The molecule has 0 saturated carbocycles. The summed E-state index contributed by atoms with van der Waals surface area (Å²) in [6.07, 6.45) is 4.09. The minimum Gasteiger partial charge on any atom is -0.360 e. The quantitative estimate of drug-likeness (QED) is 0.929. The Morgan fingerprint density at radius 2 is 2.11 bits per heavy atom. The highest BCUT2D eigenvalue weighted by atomic mass is 35.5. The number of fused-ring (bicyclic) bond motifs is 1. The zero-order valence-electron chi connectivity index (χ0n) is 10.9. The van der Waals surface area contributed by atoms with Crippen molar-refractivity contribution in [3.63, 3.8) is 0 Å². The van der Waals surface area contributed by atoms with Crippen molar-refractivity contribution in [3.8, 4) is 0 Å². The summed E-state index contributed by atoms with van der Waals surface area (Å²) in [5.74, 6) is 0. The molecule has 2 aromatic rings. The van der Waals surface area contributed by atoms with Gasteiger partial charge >= 0.3 is 0 Å². The standard InChI is InChI=1S/C14H18ClN3S/c15-11-4-5-13-12(10-11)17-14(19-13)16-6-9-18-7-2-1-3-8-18/h4-5,10H,1-3,6-9H2,(H,16,17). The van der Waals surface area contributed by atoms with E-state index < -0.39 is 0 Å². The number of thiazole rings is 1. The summed E-state index contributed by atoms with van der Waals surface area (Å²) in [4.78, 5) is 7.09. The number of hydrogen-bond acceptors (Lipinski definition) is 4. The lowest BCUT2D eigenvalue weighted by Crippen LogP contribution is -2.33. The topological polar surface area (TPSA) is 28.2 Å². The third-order valence-corrected chi connectivity index (χ3v) is 4.73. The van der Waals surface area contributed by atoms with Gasteiger partial charge in [0.1, 0.15) is 0 Å². The first kappa shape index (κ1) is 13.2. The van der Waals surface area contributed by atoms with Crippen LogP contribution in [0.2, 0.25) is 5.02 Å². The molecule has 3 nitrogen and oxygen atoms in total. The van der Waals surface area contributed by atoms with E-state index in [1.165, 1.54) is 37.1 Å². The lowest BCUT2D eigenvalue weighted by molar-refractivity contribution is 0.237. The SMILES string of the molecule is Clc1ccc2sc(NCCN3CCCCC3)nc2c1. The molecule has 5 heteroatoms. The highest BCUT2D eigenvalue weighted by Crippen LogP contribution is 2.27. The van der Waals surface area contributed by atoms with Crippen LogP contribution in [0.25, 0.3) is 10.2 Å². The lowest BCUT2D eigenvalue weighted by Gasteiger charge is -2.26. The van der Waals surface area contributed by atoms with Crippen molar-refractivity contribution in [1.29, 1.82) is 0 Å². The largest absolute Gasteiger partial charge is 0.360 e. The monoisotopic (exact) mass is 295 g/mol. The van der Waals surface area contributed by atoms with Crippen molar-refractivity contribution in [2.45, 2.75) is 19.3 Å². The molecule has 0 aliphatic carbocycles. The first-order chi connectivity index (χ1) is 9.31. The Bertz CT molecular complexity index is 549. The van der Waals surface area contributed by atoms with Crippen LogP contribution >= 0.6 is 22.9 Å². The Kier molecular flexibility index (Phi) is 4.21. The number of rotatable bonds is 4. The molecule has 0 spiro atoms. The van der Waals surface area contributed by atoms with Gasteiger partial charge in [-0.2, -0.15) is 0 Å². The van der Waals surface area contributed by atoms with Crippen molar-refractivity contribution < 1.29 is 0 Å². The zero-order valence-corrected chi connectivity index (χ0v) is 12.4. The van der Waals surface area contributed by atoms with Crippen LogP contribution in [0, 0.1) is 0 Å². The highest BCUT2D eigenvalue weighted by Gasteiger charge is 2.09. The molecular weight excluding hydrogens is 278 g/mol. The Morgan fingerprint density at radius 1 is 1.26 bits per heavy atom. The fraction of sp³-hybridized carbons (Fsp3) is 0.500. The van der Waals surface area contributed by atoms with Gasteiger partial charge in [-0.15, -0.1) is 0 Å². The summed E-state index contributed by atoms with van der Waals surface area (Å²) >= 11 is 7.66. The molecule has 0 radical (unpaired) electrons. The molecule has 0 unspecified atom stereocenters. The fourth-order valence-electron chi connectivity index (χ4n) is 2.48. The summed E-state index contributed by atoms with van der Waals surface area (Å²) in [5, 5.41) is 5.17. The van der Waals surface area contributed by atoms with E-state index in [0.717, 1.165) is 28.8 Å². The molecule has 102 valence electrons. The van der Waals surface area contributed by atoms with Crippen LogP contribution in [0.1, 0.15) is 19.3 Å². The van der Waals surface area contributed by atoms with Gasteiger partial charge in [0.15, 0.2) is 5.13 Å². The molecule has 3 rings (SSSR count). The van der Waals surface area contributed by atoms with E-state index in [-0.39, 0.29) is 0 Å². The predicted octanol–water partition coefficient (Wildman–Crippen LogP) is 3.85. The molecule has 1 aliphatic rings. The molecule has 2 heterocycles. The van der Waals surface area contributed by atoms with E-state index in [1.54, 1.807) is 11.3 Å². The number of hydrogen-bond donors (Lipinski definition) is 1. The molecule has 0 atom stereocenters. The number of anilines is 1. The minimum atomic E-state index is 0.748. The van der Waals surface area contributed by atoms with E-state index in [2.05, 4.69) is 15.2 Å². The smallest absolute Gasteiger partial charge is 0.183 e. The average molecular weight is 296 g/mol. The van der Waals surface area contributed by atoms with Gasteiger partial charge in [0.2, 0.25) is 0 Å². The molecule has 1 saturated heterocycles. The third kappa shape index (κ3) is 3.38. The van der Waals surface area contributed by atoms with Crippen LogP contribution in [-0.4, -0.2) is 36.1 Å². The summed E-state index contributed by atoms with van der Waals surface area (Å²) in [6, 6.07) is 5.87. The maximum absolute atomic E-state index is 5.97. The molecule has 1 fully saturated rings. The molecule has 1 aliphatic heterocycles. The Balaban J connectivity index is 1.56. The van der Waals surface area contributed by atoms with Gasteiger partial charge in [-0.05, 0) is 44.1 Å². The fourth-order valence-corrected chi connectivity index (χ4v) is 3.52. The minimum absolute atomic E-state index is 0.748. The van der Waals surface area contributed by atoms with Gasteiger partial charge in [0.05, 0.1) is 10.2 Å². The van der Waals surface area contributed by atoms with Crippen LogP contribution < -0.4 is 5.32 Å². The molecule has 1 aromatic heterocycles. The Hall–Kier alpha value is -0.840. The van der Waals surface area contributed by atoms with E-state index in [4.69, 9.17) is 11.6 Å². The van der Waals surface area contributed by atoms with Gasteiger partial charge in [0.25, 0.3) is 0 Å². The molecular formula is C14H18ClN3S. The van der Waals surface area contributed by atoms with Crippen LogP contribution in [0.5, 0.6) is 0 Å². The Morgan fingerprint density at radius 3 is 2.95 bits per heavy atom. The predicted molar refractivity (Wildman–Crippen MR) is 83.4 cm³/mol. The number of piperidine rings is 1. The number of aromatic nitrogens is 1. The molecule has 1 aromatic carbocycles. The van der Waals surface area contributed by atoms with E-state index >= 15 is 0 Å². The third-order valence-electron chi connectivity index (χ3n) is 3.50. The molecule has 19 heavy (non-hydrogen) atoms. The first-order valence-corrected chi connectivity index (χ1v) is 8.03. The van der Waals surface area contributed by atoms with Crippen LogP contribution in [0.3, 0.4) is 0 Å². The van der Waals surface area contributed by atoms with Crippen molar-refractivity contribution in [1.82, 2.24) is 9.88 Å². The van der Waals surface area contributed by atoms with Gasteiger partial charge in [-0.25, -0.2) is 4.98 Å². The van der Waals surface area contributed by atoms with Crippen LogP contribution in [0.4, 0.5) is 5.13 Å². The summed E-state index contributed by atoms with van der Waals surface area (Å²) in [5.41, 5.74) is 0.984. The molecule has 1 N–H and O–H groups in total. The molecule has 0 amide bonds. The normalized spacial score (nSPS) is 16.9. The highest BCUT2D eigenvalue weighted by molar-refractivity contribution is 7.22. The maximum Gasteiger partial charge on any atom is 0.183 e. The second-order valence-electron chi connectivity index (χ2n) is 4.96.